The van der Waals surface area contributed by atoms with Crippen molar-refractivity contribution >= 4 is 11.5 Å². The first-order chi connectivity index (χ1) is 7.03. The number of rotatable bonds is 1. The van der Waals surface area contributed by atoms with Crippen LogP contribution in [0.15, 0.2) is 29.5 Å². The van der Waals surface area contributed by atoms with E-state index in [0.717, 1.165) is 16.0 Å². The number of aromatic nitrogens is 1. The lowest BCUT2D eigenvalue weighted by Crippen LogP contribution is -2.37. The number of pyridine rings is 1. The summed E-state index contributed by atoms with van der Waals surface area (Å²) in [5, 5.41) is 12.0. The van der Waals surface area contributed by atoms with Gasteiger partial charge in [0.2, 0.25) is 0 Å². The molecule has 0 amide bonds. The zero-order chi connectivity index (χ0) is 11.1. The number of hydroxylamine groups is 1. The van der Waals surface area contributed by atoms with Crippen LogP contribution in [0, 0.1) is 5.21 Å². The Morgan fingerprint density at radius 1 is 1.27 bits per heavy atom. The Hall–Kier alpha value is -1.71. The van der Waals surface area contributed by atoms with E-state index in [2.05, 4.69) is 9.98 Å². The van der Waals surface area contributed by atoms with E-state index < -0.39 is 5.54 Å². The minimum Gasteiger partial charge on any atom is -0.714 e. The minimum absolute atomic E-state index is 0.472. The van der Waals surface area contributed by atoms with E-state index in [4.69, 9.17) is 0 Å². The van der Waals surface area contributed by atoms with Gasteiger partial charge in [0.25, 0.3) is 0 Å². The molecule has 15 heavy (non-hydrogen) atoms. The highest BCUT2D eigenvalue weighted by Crippen LogP contribution is 2.20. The van der Waals surface area contributed by atoms with Gasteiger partial charge in [0.15, 0.2) is 11.3 Å². The second-order valence-electron chi connectivity index (χ2n) is 4.11. The molecule has 0 N–H and O–H groups in total. The average molecular weight is 203 g/mol. The zero-order valence-corrected chi connectivity index (χ0v) is 9.06. The Balaban J connectivity index is 2.53. The SMILES string of the molecule is CC1=NC(c2ccncc2)=[N+]([O-])C1(C)C. The maximum Gasteiger partial charge on any atom is 0.329 e. The van der Waals surface area contributed by atoms with Crippen LogP contribution in [0.3, 0.4) is 0 Å². The highest BCUT2D eigenvalue weighted by molar-refractivity contribution is 6.09. The van der Waals surface area contributed by atoms with E-state index >= 15 is 0 Å². The Morgan fingerprint density at radius 3 is 2.33 bits per heavy atom. The molecular formula is C11H13N3O. The molecule has 0 spiro atoms. The molecule has 1 aliphatic rings. The summed E-state index contributed by atoms with van der Waals surface area (Å²) in [5.41, 5.74) is 1.10. The highest BCUT2D eigenvalue weighted by atomic mass is 16.5. The summed E-state index contributed by atoms with van der Waals surface area (Å²) in [5.74, 6) is 0.472. The van der Waals surface area contributed by atoms with Crippen LogP contribution in [0.2, 0.25) is 0 Å². The second-order valence-corrected chi connectivity index (χ2v) is 4.11. The second kappa shape index (κ2) is 3.15. The third kappa shape index (κ3) is 1.42. The van der Waals surface area contributed by atoms with Gasteiger partial charge in [-0.05, 0) is 31.0 Å². The summed E-state index contributed by atoms with van der Waals surface area (Å²) < 4.78 is 0.956. The van der Waals surface area contributed by atoms with Crippen LogP contribution in [0.25, 0.3) is 0 Å². The van der Waals surface area contributed by atoms with Crippen LogP contribution < -0.4 is 0 Å². The van der Waals surface area contributed by atoms with Crippen molar-refractivity contribution in [2.45, 2.75) is 26.3 Å². The van der Waals surface area contributed by atoms with E-state index in [1.165, 1.54) is 0 Å². The first kappa shape index (κ1) is 9.83. The number of nitrogens with zero attached hydrogens (tertiary/aromatic N) is 3. The first-order valence-electron chi connectivity index (χ1n) is 4.84. The summed E-state index contributed by atoms with van der Waals surface area (Å²) in [7, 11) is 0. The van der Waals surface area contributed by atoms with E-state index in [1.54, 1.807) is 24.5 Å². The molecule has 0 radical (unpaired) electrons. The quantitative estimate of drug-likeness (QED) is 0.514. The third-order valence-electron chi connectivity index (χ3n) is 2.80. The van der Waals surface area contributed by atoms with Crippen molar-refractivity contribution < 1.29 is 4.74 Å². The fraction of sp³-hybridized carbons (Fsp3) is 0.364. The van der Waals surface area contributed by atoms with E-state index in [1.807, 2.05) is 20.8 Å². The Kier molecular flexibility index (Phi) is 2.07. The predicted octanol–water partition coefficient (Wildman–Crippen LogP) is 1.59. The molecule has 0 unspecified atom stereocenters. The van der Waals surface area contributed by atoms with E-state index in [9.17, 15) is 5.21 Å². The smallest absolute Gasteiger partial charge is 0.329 e. The molecular weight excluding hydrogens is 190 g/mol. The first-order valence-corrected chi connectivity index (χ1v) is 4.84. The van der Waals surface area contributed by atoms with Gasteiger partial charge in [0.05, 0.1) is 5.56 Å². The Bertz CT molecular complexity index is 446. The van der Waals surface area contributed by atoms with Crippen molar-refractivity contribution in [3.05, 3.63) is 35.3 Å². The summed E-state index contributed by atoms with van der Waals surface area (Å²) in [6.07, 6.45) is 3.32. The van der Waals surface area contributed by atoms with Crippen molar-refractivity contribution in [1.82, 2.24) is 4.98 Å². The molecule has 0 bridgehead atoms. The molecule has 2 heterocycles. The molecule has 2 rings (SSSR count). The fourth-order valence-corrected chi connectivity index (χ4v) is 1.44. The molecule has 4 heteroatoms. The number of aliphatic imine (C=N–C) groups is 1. The summed E-state index contributed by atoms with van der Waals surface area (Å²) in [4.78, 5) is 8.23. The van der Waals surface area contributed by atoms with E-state index in [-0.39, 0.29) is 0 Å². The molecule has 1 aromatic rings. The molecule has 0 saturated carbocycles. The molecule has 0 saturated heterocycles. The van der Waals surface area contributed by atoms with Crippen molar-refractivity contribution in [3.8, 4) is 0 Å². The average Bonchev–Trinajstić information content (AvgIpc) is 2.44. The standard InChI is InChI=1S/C11H13N3O/c1-8-11(2,3)14(15)10(13-8)9-4-6-12-7-5-9/h4-7H,1-3H3. The fourth-order valence-electron chi connectivity index (χ4n) is 1.44. The maximum absolute atomic E-state index is 12.0. The van der Waals surface area contributed by atoms with E-state index in [0.29, 0.717) is 5.84 Å². The van der Waals surface area contributed by atoms with Gasteiger partial charge in [0, 0.05) is 19.3 Å². The van der Waals surface area contributed by atoms with Gasteiger partial charge in [-0.3, -0.25) is 9.72 Å². The molecule has 0 aromatic carbocycles. The van der Waals surface area contributed by atoms with Gasteiger partial charge in [-0.2, -0.15) is 0 Å². The lowest BCUT2D eigenvalue weighted by atomic mass is 10.0. The molecule has 4 nitrogen and oxygen atoms in total. The van der Waals surface area contributed by atoms with Gasteiger partial charge in [-0.1, -0.05) is 0 Å². The summed E-state index contributed by atoms with van der Waals surface area (Å²) in [6, 6.07) is 3.58. The maximum atomic E-state index is 12.0. The van der Waals surface area contributed by atoms with Gasteiger partial charge >= 0.3 is 5.84 Å². The summed E-state index contributed by atoms with van der Waals surface area (Å²) in [6.45, 7) is 5.61. The van der Waals surface area contributed by atoms with Crippen molar-refractivity contribution in [2.24, 2.45) is 4.99 Å². The topological polar surface area (TPSA) is 51.3 Å². The number of hydrogen-bond acceptors (Lipinski definition) is 3. The lowest BCUT2D eigenvalue weighted by Gasteiger charge is -2.22. The zero-order valence-electron chi connectivity index (χ0n) is 9.06. The van der Waals surface area contributed by atoms with Crippen molar-refractivity contribution in [1.29, 1.82) is 0 Å². The largest absolute Gasteiger partial charge is 0.714 e. The normalized spacial score (nSPS) is 19.3. The van der Waals surface area contributed by atoms with Crippen molar-refractivity contribution in [3.63, 3.8) is 0 Å². The Morgan fingerprint density at radius 2 is 1.87 bits per heavy atom. The van der Waals surface area contributed by atoms with Gasteiger partial charge in [0.1, 0.15) is 0 Å². The van der Waals surface area contributed by atoms with Crippen LogP contribution in [-0.2, 0) is 0 Å². The monoisotopic (exact) mass is 203 g/mol. The molecule has 78 valence electrons. The van der Waals surface area contributed by atoms with Gasteiger partial charge < -0.3 is 5.21 Å². The number of amidine groups is 1. The minimum atomic E-state index is -0.543. The summed E-state index contributed by atoms with van der Waals surface area (Å²) >= 11 is 0. The van der Waals surface area contributed by atoms with Crippen LogP contribution in [0.5, 0.6) is 0 Å². The third-order valence-corrected chi connectivity index (χ3v) is 2.80. The molecule has 1 aromatic heterocycles. The van der Waals surface area contributed by atoms with Gasteiger partial charge in [-0.25, -0.2) is 0 Å². The van der Waals surface area contributed by atoms with Crippen molar-refractivity contribution in [2.75, 3.05) is 0 Å². The Labute approximate surface area is 88.6 Å². The predicted molar refractivity (Wildman–Crippen MR) is 59.2 cm³/mol. The molecule has 1 aliphatic heterocycles. The molecule has 0 fully saturated rings. The lowest BCUT2D eigenvalue weighted by molar-refractivity contribution is -0.513. The molecule has 0 aliphatic carbocycles. The highest BCUT2D eigenvalue weighted by Gasteiger charge is 2.39. The number of hydrogen-bond donors (Lipinski definition) is 0. The van der Waals surface area contributed by atoms with Crippen LogP contribution in [0.1, 0.15) is 26.3 Å². The van der Waals surface area contributed by atoms with Crippen LogP contribution >= 0.6 is 0 Å². The van der Waals surface area contributed by atoms with Crippen LogP contribution in [-0.4, -0.2) is 26.8 Å². The molecule has 0 atom stereocenters. The van der Waals surface area contributed by atoms with Gasteiger partial charge in [-0.15, -0.1) is 0 Å². The van der Waals surface area contributed by atoms with Crippen LogP contribution in [0.4, 0.5) is 0 Å².